The molecule has 2 aliphatic rings. The van der Waals surface area contributed by atoms with Crippen molar-refractivity contribution < 1.29 is 4.74 Å². The summed E-state index contributed by atoms with van der Waals surface area (Å²) in [7, 11) is 0. The van der Waals surface area contributed by atoms with Crippen molar-refractivity contribution >= 4 is 0 Å². The molecule has 2 atom stereocenters. The van der Waals surface area contributed by atoms with Crippen LogP contribution in [0.15, 0.2) is 42.0 Å². The molecule has 2 nitrogen and oxygen atoms in total. The molecule has 2 heterocycles. The van der Waals surface area contributed by atoms with E-state index in [1.807, 2.05) is 0 Å². The second-order valence-corrected chi connectivity index (χ2v) is 6.05. The number of ether oxygens (including phenoxy) is 1. The maximum Gasteiger partial charge on any atom is 0.0658 e. The van der Waals surface area contributed by atoms with Crippen LogP contribution in [0.2, 0.25) is 0 Å². The highest BCUT2D eigenvalue weighted by molar-refractivity contribution is 5.19. The zero-order chi connectivity index (χ0) is 13.8. The molecule has 2 bridgehead atoms. The van der Waals surface area contributed by atoms with Gasteiger partial charge in [0.1, 0.15) is 0 Å². The van der Waals surface area contributed by atoms with Crippen molar-refractivity contribution in [3.8, 4) is 0 Å². The number of hydrogen-bond donors (Lipinski definition) is 0. The van der Waals surface area contributed by atoms with Crippen LogP contribution < -0.4 is 0 Å². The highest BCUT2D eigenvalue weighted by atomic mass is 16.5. The van der Waals surface area contributed by atoms with Crippen molar-refractivity contribution in [1.29, 1.82) is 0 Å². The number of nitrogens with zero attached hydrogens (tertiary/aromatic N) is 1. The lowest BCUT2D eigenvalue weighted by Gasteiger charge is -2.45. The van der Waals surface area contributed by atoms with E-state index in [0.29, 0.717) is 12.1 Å². The molecule has 1 saturated heterocycles. The van der Waals surface area contributed by atoms with Crippen molar-refractivity contribution in [3.63, 3.8) is 0 Å². The van der Waals surface area contributed by atoms with Gasteiger partial charge in [-0.3, -0.25) is 4.90 Å². The van der Waals surface area contributed by atoms with Gasteiger partial charge in [0.2, 0.25) is 0 Å². The molecule has 0 spiro atoms. The summed E-state index contributed by atoms with van der Waals surface area (Å²) in [5.74, 6) is 0. The number of unbranched alkanes of at least 4 members (excludes halogenated alkanes) is 1. The average molecular weight is 271 g/mol. The molecular weight excluding hydrogens is 246 g/mol. The molecular formula is C18H25NO. The standard InChI is InChI=1S/C18H25NO/c1-2-3-7-16-10-17-13-20-14-18(11-16)19(17)12-15-8-5-4-6-9-15/h4-6,8-10,17-18H,2-3,7,11-14H2,1H3. The first-order valence-electron chi connectivity index (χ1n) is 7.94. The summed E-state index contributed by atoms with van der Waals surface area (Å²) in [4.78, 5) is 2.63. The van der Waals surface area contributed by atoms with Crippen LogP contribution >= 0.6 is 0 Å². The van der Waals surface area contributed by atoms with Gasteiger partial charge < -0.3 is 4.74 Å². The van der Waals surface area contributed by atoms with Gasteiger partial charge in [-0.05, 0) is 24.8 Å². The van der Waals surface area contributed by atoms with Gasteiger partial charge in [0.15, 0.2) is 0 Å². The van der Waals surface area contributed by atoms with Crippen LogP contribution in [-0.2, 0) is 11.3 Å². The average Bonchev–Trinajstić information content (AvgIpc) is 2.46. The van der Waals surface area contributed by atoms with Crippen molar-refractivity contribution in [2.45, 2.75) is 51.2 Å². The lowest BCUT2D eigenvalue weighted by Crippen LogP contribution is -2.53. The molecule has 0 N–H and O–H groups in total. The van der Waals surface area contributed by atoms with Crippen molar-refractivity contribution in [2.75, 3.05) is 13.2 Å². The van der Waals surface area contributed by atoms with Gasteiger partial charge in [-0.2, -0.15) is 0 Å². The Morgan fingerprint density at radius 1 is 1.20 bits per heavy atom. The van der Waals surface area contributed by atoms with Gasteiger partial charge in [-0.15, -0.1) is 0 Å². The highest BCUT2D eigenvalue weighted by Crippen LogP contribution is 2.30. The van der Waals surface area contributed by atoms with Gasteiger partial charge in [-0.25, -0.2) is 0 Å². The third kappa shape index (κ3) is 3.13. The van der Waals surface area contributed by atoms with Crippen LogP contribution in [0.25, 0.3) is 0 Å². The molecule has 2 unspecified atom stereocenters. The summed E-state index contributed by atoms with van der Waals surface area (Å²) in [6, 6.07) is 11.9. The number of rotatable bonds is 5. The number of benzene rings is 1. The Labute approximate surface area is 122 Å². The largest absolute Gasteiger partial charge is 0.378 e. The fraction of sp³-hybridized carbons (Fsp3) is 0.556. The van der Waals surface area contributed by atoms with Gasteiger partial charge in [-0.1, -0.05) is 55.3 Å². The lowest BCUT2D eigenvalue weighted by molar-refractivity contribution is -0.0442. The molecule has 0 saturated carbocycles. The predicted octanol–water partition coefficient (Wildman–Crippen LogP) is 3.78. The predicted molar refractivity (Wildman–Crippen MR) is 82.6 cm³/mol. The summed E-state index contributed by atoms with van der Waals surface area (Å²) in [5.41, 5.74) is 3.07. The first kappa shape index (κ1) is 13.8. The summed E-state index contributed by atoms with van der Waals surface area (Å²) in [6.45, 7) is 5.08. The number of hydrogen-bond acceptors (Lipinski definition) is 2. The molecule has 2 aliphatic heterocycles. The maximum atomic E-state index is 5.77. The number of fused-ring (bicyclic) bond motifs is 2. The molecule has 2 heteroatoms. The molecule has 0 aromatic heterocycles. The first-order valence-corrected chi connectivity index (χ1v) is 7.94. The quantitative estimate of drug-likeness (QED) is 0.756. The lowest BCUT2D eigenvalue weighted by atomic mass is 9.91. The molecule has 0 radical (unpaired) electrons. The van der Waals surface area contributed by atoms with Gasteiger partial charge in [0, 0.05) is 12.6 Å². The van der Waals surface area contributed by atoms with Crippen LogP contribution in [-0.4, -0.2) is 30.2 Å². The van der Waals surface area contributed by atoms with E-state index in [0.717, 1.165) is 19.8 Å². The minimum Gasteiger partial charge on any atom is -0.378 e. The van der Waals surface area contributed by atoms with Crippen molar-refractivity contribution in [2.24, 2.45) is 0 Å². The Bertz CT molecular complexity index is 454. The fourth-order valence-corrected chi connectivity index (χ4v) is 3.38. The normalized spacial score (nSPS) is 26.4. The van der Waals surface area contributed by atoms with Crippen LogP contribution in [0.4, 0.5) is 0 Å². The minimum atomic E-state index is 0.481. The molecule has 20 heavy (non-hydrogen) atoms. The monoisotopic (exact) mass is 271 g/mol. The first-order chi connectivity index (χ1) is 9.86. The Balaban J connectivity index is 1.71. The van der Waals surface area contributed by atoms with Crippen molar-refractivity contribution in [3.05, 3.63) is 47.5 Å². The van der Waals surface area contributed by atoms with E-state index in [2.05, 4.69) is 48.2 Å². The topological polar surface area (TPSA) is 12.5 Å². The van der Waals surface area contributed by atoms with E-state index in [1.165, 1.54) is 31.2 Å². The van der Waals surface area contributed by atoms with E-state index in [4.69, 9.17) is 4.74 Å². The summed E-state index contributed by atoms with van der Waals surface area (Å²) >= 11 is 0. The van der Waals surface area contributed by atoms with E-state index < -0.39 is 0 Å². The smallest absolute Gasteiger partial charge is 0.0658 e. The molecule has 1 aromatic carbocycles. The van der Waals surface area contributed by atoms with Gasteiger partial charge >= 0.3 is 0 Å². The van der Waals surface area contributed by atoms with Gasteiger partial charge in [0.25, 0.3) is 0 Å². The molecule has 0 amide bonds. The molecule has 108 valence electrons. The zero-order valence-electron chi connectivity index (χ0n) is 12.4. The van der Waals surface area contributed by atoms with Gasteiger partial charge in [0.05, 0.1) is 19.3 Å². The van der Waals surface area contributed by atoms with E-state index >= 15 is 0 Å². The minimum absolute atomic E-state index is 0.481. The van der Waals surface area contributed by atoms with Crippen molar-refractivity contribution in [1.82, 2.24) is 4.90 Å². The summed E-state index contributed by atoms with van der Waals surface area (Å²) in [5, 5.41) is 0. The Kier molecular flexibility index (Phi) is 4.54. The second kappa shape index (κ2) is 6.55. The Morgan fingerprint density at radius 2 is 2.05 bits per heavy atom. The molecule has 0 aliphatic carbocycles. The van der Waals surface area contributed by atoms with E-state index in [1.54, 1.807) is 5.57 Å². The Morgan fingerprint density at radius 3 is 2.80 bits per heavy atom. The summed E-state index contributed by atoms with van der Waals surface area (Å²) < 4.78 is 5.77. The third-order valence-corrected chi connectivity index (χ3v) is 4.48. The fourth-order valence-electron chi connectivity index (χ4n) is 3.38. The SMILES string of the molecule is CCCCC1=CC2COCC(C1)N2Cc1ccccc1. The molecule has 3 rings (SSSR count). The zero-order valence-corrected chi connectivity index (χ0v) is 12.4. The van der Waals surface area contributed by atoms with Crippen LogP contribution in [0.5, 0.6) is 0 Å². The third-order valence-electron chi connectivity index (χ3n) is 4.48. The molecule has 1 aromatic rings. The van der Waals surface area contributed by atoms with E-state index in [9.17, 15) is 0 Å². The van der Waals surface area contributed by atoms with Crippen LogP contribution in [0.3, 0.4) is 0 Å². The van der Waals surface area contributed by atoms with E-state index in [-0.39, 0.29) is 0 Å². The number of morpholine rings is 1. The van der Waals surface area contributed by atoms with Crippen LogP contribution in [0, 0.1) is 0 Å². The van der Waals surface area contributed by atoms with Crippen LogP contribution in [0.1, 0.15) is 38.2 Å². The maximum absolute atomic E-state index is 5.77. The second-order valence-electron chi connectivity index (χ2n) is 6.05. The highest BCUT2D eigenvalue weighted by Gasteiger charge is 2.34. The molecule has 1 fully saturated rings. The Hall–Kier alpha value is -1.12. The summed E-state index contributed by atoms with van der Waals surface area (Å²) in [6.07, 6.45) is 7.57.